The molecule has 4 aliphatic heterocycles. The maximum absolute atomic E-state index is 14.2. The standard InChI is InChI=1S/C55H63N5O9S2/c1-35(70)71-55(2,3)34-58(15-16-66-19-20-67-18-17-63-4)40-22-36(32-68-51-28-45-43(26-49(51)64-5)53(61)59-41(30-56-45)24-38-11-7-9-13-47(38)59)21-37(23-40)33-69-52-29-46-44(27-50(52)65-6)54(62)60-42(31-57-46)25-39-12-8-10-14-48(39)60/h7-14,21-23,26-30,35,41-42,57,70H,15-20,24-25,31-34H2,1-6H3/t35?,41-,42-/m0/s1. The highest BCUT2D eigenvalue weighted by atomic mass is 32.2. The lowest BCUT2D eigenvalue weighted by molar-refractivity contribution is 0.0264. The zero-order valence-corrected chi connectivity index (χ0v) is 43.0. The molecule has 5 aromatic rings. The Bertz CT molecular complexity index is 2770. The van der Waals surface area contributed by atoms with Gasteiger partial charge in [-0.05, 0) is 91.9 Å². The van der Waals surface area contributed by atoms with Crippen LogP contribution in [0.4, 0.5) is 28.4 Å². The van der Waals surface area contributed by atoms with Crippen LogP contribution in [0.3, 0.4) is 0 Å². The number of benzene rings is 5. The third-order valence-electron chi connectivity index (χ3n) is 13.0. The van der Waals surface area contributed by atoms with Crippen molar-refractivity contribution in [3.63, 3.8) is 0 Å². The second-order valence-corrected chi connectivity index (χ2v) is 21.8. The Morgan fingerprint density at radius 1 is 0.746 bits per heavy atom. The van der Waals surface area contributed by atoms with Crippen LogP contribution in [0.5, 0.6) is 23.0 Å². The van der Waals surface area contributed by atoms with Gasteiger partial charge in [0.1, 0.15) is 13.2 Å². The summed E-state index contributed by atoms with van der Waals surface area (Å²) in [6.07, 6.45) is 3.33. The van der Waals surface area contributed by atoms with Crippen LogP contribution in [0.1, 0.15) is 63.7 Å². The summed E-state index contributed by atoms with van der Waals surface area (Å²) in [4.78, 5) is 39.3. The van der Waals surface area contributed by atoms with Gasteiger partial charge in [0.05, 0.1) is 81.8 Å². The van der Waals surface area contributed by atoms with Crippen molar-refractivity contribution >= 4 is 70.9 Å². The molecule has 4 aliphatic rings. The fourth-order valence-corrected chi connectivity index (χ4v) is 11.9. The second kappa shape index (κ2) is 22.2. The number of thioether (sulfide) groups is 1. The number of para-hydroxylation sites is 2. The van der Waals surface area contributed by atoms with Crippen molar-refractivity contribution in [1.82, 2.24) is 0 Å². The number of thiol groups is 1. The highest BCUT2D eigenvalue weighted by Crippen LogP contribution is 2.43. The molecule has 0 fully saturated rings. The number of ether oxygens (including phenoxy) is 7. The van der Waals surface area contributed by atoms with Gasteiger partial charge in [-0.15, -0.1) is 11.8 Å². The van der Waals surface area contributed by atoms with E-state index in [1.807, 2.05) is 58.5 Å². The summed E-state index contributed by atoms with van der Waals surface area (Å²) in [7, 11) is 4.82. The van der Waals surface area contributed by atoms with Crippen LogP contribution in [0.25, 0.3) is 0 Å². The molecule has 0 aliphatic carbocycles. The van der Waals surface area contributed by atoms with Crippen LogP contribution in [-0.2, 0) is 40.3 Å². The summed E-state index contributed by atoms with van der Waals surface area (Å²) < 4.78 is 41.9. The van der Waals surface area contributed by atoms with Gasteiger partial charge < -0.3 is 48.3 Å². The SMILES string of the molecule is COCCOCCOCCN(CC(C)(C)SC(C)S)c1cc(COc2cc3c(cc2OC)C(=O)N2c4ccccc4C[C@H]2C=N3)cc(COc2cc3c(cc2OC)C(=O)N2c4ccccc4C[C@H]2CN3)c1. The minimum atomic E-state index is -0.187. The minimum Gasteiger partial charge on any atom is -0.493 e. The molecular weight excluding hydrogens is 939 g/mol. The largest absolute Gasteiger partial charge is 0.493 e. The van der Waals surface area contributed by atoms with E-state index in [4.69, 9.17) is 50.8 Å². The number of carbonyl (C=O) groups is 2. The van der Waals surface area contributed by atoms with Gasteiger partial charge in [-0.1, -0.05) is 36.4 Å². The van der Waals surface area contributed by atoms with Crippen molar-refractivity contribution in [3.05, 3.63) is 124 Å². The van der Waals surface area contributed by atoms with Crippen molar-refractivity contribution in [2.75, 3.05) is 94.0 Å². The van der Waals surface area contributed by atoms with E-state index in [-0.39, 0.29) is 46.4 Å². The first-order valence-corrected chi connectivity index (χ1v) is 25.5. The molecule has 0 saturated carbocycles. The third-order valence-corrected chi connectivity index (χ3v) is 14.5. The van der Waals surface area contributed by atoms with E-state index in [0.29, 0.717) is 105 Å². The van der Waals surface area contributed by atoms with Gasteiger partial charge >= 0.3 is 0 Å². The Kier molecular flexibility index (Phi) is 15.7. The molecule has 0 radical (unpaired) electrons. The number of fused-ring (bicyclic) bond motifs is 8. The minimum absolute atomic E-state index is 0.00942. The fraction of sp³-hybridized carbons (Fsp3) is 0.400. The number of anilines is 4. The van der Waals surface area contributed by atoms with Crippen LogP contribution in [0.15, 0.2) is 96.0 Å². The summed E-state index contributed by atoms with van der Waals surface area (Å²) in [5.74, 6) is 1.63. The van der Waals surface area contributed by atoms with E-state index in [1.54, 1.807) is 51.3 Å². The Morgan fingerprint density at radius 2 is 1.35 bits per heavy atom. The molecule has 0 bridgehead atoms. The van der Waals surface area contributed by atoms with Crippen LogP contribution < -0.4 is 39.0 Å². The zero-order valence-electron chi connectivity index (χ0n) is 41.3. The molecule has 1 N–H and O–H groups in total. The topological polar surface area (TPSA) is 133 Å². The van der Waals surface area contributed by atoms with Gasteiger partial charge in [0.15, 0.2) is 23.0 Å². The normalized spacial score (nSPS) is 16.9. The molecule has 5 aromatic carbocycles. The summed E-state index contributed by atoms with van der Waals surface area (Å²) in [5.41, 5.74) is 9.03. The van der Waals surface area contributed by atoms with Crippen molar-refractivity contribution in [1.29, 1.82) is 0 Å². The maximum atomic E-state index is 14.2. The van der Waals surface area contributed by atoms with Crippen molar-refractivity contribution in [3.8, 4) is 23.0 Å². The first-order chi connectivity index (χ1) is 34.4. The number of carbonyl (C=O) groups excluding carboxylic acids is 2. The molecule has 14 nitrogen and oxygen atoms in total. The Hall–Kier alpha value is -5.91. The molecule has 16 heteroatoms. The number of methoxy groups -OCH3 is 3. The molecule has 0 aromatic heterocycles. The summed E-state index contributed by atoms with van der Waals surface area (Å²) in [6, 6.07) is 29.4. The predicted molar refractivity (Wildman–Crippen MR) is 285 cm³/mol. The molecule has 9 rings (SSSR count). The number of hydrogen-bond donors (Lipinski definition) is 2. The Balaban J connectivity index is 1.01. The number of rotatable bonds is 22. The molecule has 0 spiro atoms. The summed E-state index contributed by atoms with van der Waals surface area (Å²) in [5, 5.41) is 3.55. The first-order valence-electron chi connectivity index (χ1n) is 24.1. The van der Waals surface area contributed by atoms with E-state index < -0.39 is 0 Å². The maximum Gasteiger partial charge on any atom is 0.261 e. The Labute approximate surface area is 426 Å². The average molecular weight is 1000 g/mol. The fourth-order valence-electron chi connectivity index (χ4n) is 9.91. The van der Waals surface area contributed by atoms with Gasteiger partial charge in [-0.2, -0.15) is 12.6 Å². The number of hydrogen-bond acceptors (Lipinski definition) is 14. The van der Waals surface area contributed by atoms with Crippen molar-refractivity contribution in [2.45, 2.75) is 68.2 Å². The highest BCUT2D eigenvalue weighted by molar-refractivity contribution is 8.11. The molecule has 4 heterocycles. The number of amides is 2. The van der Waals surface area contributed by atoms with E-state index in [1.165, 1.54) is 0 Å². The highest BCUT2D eigenvalue weighted by Gasteiger charge is 2.39. The first kappa shape index (κ1) is 50.0. The van der Waals surface area contributed by atoms with E-state index in [0.717, 1.165) is 45.7 Å². The quantitative estimate of drug-likeness (QED) is 0.0389. The smallest absolute Gasteiger partial charge is 0.261 e. The monoisotopic (exact) mass is 1000 g/mol. The van der Waals surface area contributed by atoms with Gasteiger partial charge in [0, 0.05) is 77.9 Å². The third kappa shape index (κ3) is 11.3. The lowest BCUT2D eigenvalue weighted by Crippen LogP contribution is -2.39. The lowest BCUT2D eigenvalue weighted by Gasteiger charge is -2.35. The molecule has 3 atom stereocenters. The van der Waals surface area contributed by atoms with Crippen LogP contribution in [-0.4, -0.2) is 113 Å². The Morgan fingerprint density at radius 3 is 2.03 bits per heavy atom. The van der Waals surface area contributed by atoms with Gasteiger partial charge in [0.2, 0.25) is 0 Å². The lowest BCUT2D eigenvalue weighted by atomic mass is 10.1. The number of nitrogens with zero attached hydrogens (tertiary/aromatic N) is 4. The molecule has 71 heavy (non-hydrogen) atoms. The zero-order chi connectivity index (χ0) is 49.6. The van der Waals surface area contributed by atoms with Crippen LogP contribution >= 0.6 is 24.4 Å². The van der Waals surface area contributed by atoms with Crippen LogP contribution in [0, 0.1) is 0 Å². The summed E-state index contributed by atoms with van der Waals surface area (Å²) in [6.45, 7) is 11.2. The molecule has 1 unspecified atom stereocenters. The van der Waals surface area contributed by atoms with Gasteiger partial charge in [-0.3, -0.25) is 19.5 Å². The van der Waals surface area contributed by atoms with Gasteiger partial charge in [0.25, 0.3) is 11.8 Å². The molecule has 2 amide bonds. The average Bonchev–Trinajstić information content (AvgIpc) is 3.85. The molecular formula is C55H63N5O9S2. The molecule has 0 saturated heterocycles. The van der Waals surface area contributed by atoms with Crippen molar-refractivity contribution in [2.24, 2.45) is 4.99 Å². The molecule has 374 valence electrons. The number of nitrogens with one attached hydrogen (secondary N) is 1. The van der Waals surface area contributed by atoms with E-state index in [9.17, 15) is 9.59 Å². The van der Waals surface area contributed by atoms with E-state index >= 15 is 0 Å². The van der Waals surface area contributed by atoms with E-state index in [2.05, 4.69) is 61.3 Å². The van der Waals surface area contributed by atoms with Crippen LogP contribution in [0.2, 0.25) is 0 Å². The number of aliphatic imine (C=N–C) groups is 1. The summed E-state index contributed by atoms with van der Waals surface area (Å²) >= 11 is 6.55. The second-order valence-electron chi connectivity index (χ2n) is 18.7. The van der Waals surface area contributed by atoms with Gasteiger partial charge in [-0.25, -0.2) is 0 Å². The van der Waals surface area contributed by atoms with Crippen molar-refractivity contribution < 1.29 is 42.7 Å². The predicted octanol–water partition coefficient (Wildman–Crippen LogP) is 9.42.